The minimum absolute atomic E-state index is 0.0500. The molecule has 1 aliphatic rings. The van der Waals surface area contributed by atoms with Gasteiger partial charge in [0.25, 0.3) is 0 Å². The van der Waals surface area contributed by atoms with Crippen LogP contribution in [-0.4, -0.2) is 41.0 Å². The molecular weight excluding hydrogens is 381 g/mol. The van der Waals surface area contributed by atoms with Crippen LogP contribution in [0.3, 0.4) is 0 Å². The first-order valence-corrected chi connectivity index (χ1v) is 10.1. The van der Waals surface area contributed by atoms with Crippen LogP contribution in [0.15, 0.2) is 60.9 Å². The maximum Gasteiger partial charge on any atom is 0.227 e. The van der Waals surface area contributed by atoms with E-state index in [2.05, 4.69) is 9.97 Å². The lowest BCUT2D eigenvalue weighted by atomic mass is 9.91. The van der Waals surface area contributed by atoms with Crippen molar-refractivity contribution in [1.82, 2.24) is 14.9 Å². The number of hydrogen-bond donors (Lipinski definition) is 0. The molecule has 0 spiro atoms. The fraction of sp³-hybridized carbons (Fsp3) is 0.292. The lowest BCUT2D eigenvalue weighted by molar-refractivity contribution is -0.131. The van der Waals surface area contributed by atoms with E-state index in [1.807, 2.05) is 29.2 Å². The average molecular weight is 405 g/mol. The van der Waals surface area contributed by atoms with Gasteiger partial charge in [0.2, 0.25) is 5.91 Å². The molecule has 1 atom stereocenters. The predicted octanol–water partition coefficient (Wildman–Crippen LogP) is 4.24. The summed E-state index contributed by atoms with van der Waals surface area (Å²) in [5, 5.41) is 0. The van der Waals surface area contributed by atoms with E-state index in [1.165, 1.54) is 12.1 Å². The summed E-state index contributed by atoms with van der Waals surface area (Å²) in [4.78, 5) is 24.0. The summed E-state index contributed by atoms with van der Waals surface area (Å²) in [7, 11) is 1.64. The summed E-state index contributed by atoms with van der Waals surface area (Å²) in [6, 6.07) is 13.9. The van der Waals surface area contributed by atoms with Crippen LogP contribution < -0.4 is 4.74 Å². The van der Waals surface area contributed by atoms with E-state index in [9.17, 15) is 9.18 Å². The number of rotatable bonds is 5. The number of carbonyl (C=O) groups excluding carboxylic acids is 1. The number of nitrogens with zero attached hydrogens (tertiary/aromatic N) is 3. The predicted molar refractivity (Wildman–Crippen MR) is 113 cm³/mol. The SMILES string of the molecule is COc1ccccc1-c1nccnc1[C@H]1CCCN(C(=O)Cc2ccc(F)cc2)C1. The van der Waals surface area contributed by atoms with Crippen LogP contribution in [0.1, 0.15) is 30.0 Å². The highest BCUT2D eigenvalue weighted by atomic mass is 19.1. The smallest absolute Gasteiger partial charge is 0.227 e. The number of halogens is 1. The molecule has 6 heteroatoms. The van der Waals surface area contributed by atoms with Crippen LogP contribution in [0.5, 0.6) is 5.75 Å². The van der Waals surface area contributed by atoms with Crippen molar-refractivity contribution in [2.45, 2.75) is 25.2 Å². The van der Waals surface area contributed by atoms with Crippen LogP contribution in [0.2, 0.25) is 0 Å². The number of benzene rings is 2. The van der Waals surface area contributed by atoms with Crippen LogP contribution in [0.25, 0.3) is 11.3 Å². The summed E-state index contributed by atoms with van der Waals surface area (Å²) in [6.07, 6.45) is 5.51. The van der Waals surface area contributed by atoms with Crippen molar-refractivity contribution in [1.29, 1.82) is 0 Å². The summed E-state index contributed by atoms with van der Waals surface area (Å²) in [5.41, 5.74) is 3.41. The number of para-hydroxylation sites is 1. The van der Waals surface area contributed by atoms with Gasteiger partial charge in [-0.3, -0.25) is 14.8 Å². The molecule has 0 unspecified atom stereocenters. The fourth-order valence-electron chi connectivity index (χ4n) is 4.01. The Labute approximate surface area is 175 Å². The highest BCUT2D eigenvalue weighted by molar-refractivity contribution is 5.79. The van der Waals surface area contributed by atoms with Crippen molar-refractivity contribution in [2.75, 3.05) is 20.2 Å². The Bertz CT molecular complexity index is 1020. The van der Waals surface area contributed by atoms with Crippen molar-refractivity contribution in [3.8, 4) is 17.0 Å². The van der Waals surface area contributed by atoms with E-state index in [-0.39, 0.29) is 24.1 Å². The van der Waals surface area contributed by atoms with Gasteiger partial charge in [-0.25, -0.2) is 4.39 Å². The van der Waals surface area contributed by atoms with Gasteiger partial charge in [0.05, 0.1) is 24.9 Å². The molecule has 1 aromatic heterocycles. The largest absolute Gasteiger partial charge is 0.496 e. The van der Waals surface area contributed by atoms with E-state index in [0.29, 0.717) is 6.54 Å². The second-order valence-corrected chi connectivity index (χ2v) is 7.47. The number of ether oxygens (including phenoxy) is 1. The molecule has 1 aliphatic heterocycles. The van der Waals surface area contributed by atoms with Crippen LogP contribution in [0.4, 0.5) is 4.39 Å². The average Bonchev–Trinajstić information content (AvgIpc) is 2.80. The summed E-state index contributed by atoms with van der Waals surface area (Å²) < 4.78 is 18.6. The second kappa shape index (κ2) is 9.03. The van der Waals surface area contributed by atoms with Crippen molar-refractivity contribution in [3.05, 3.63) is 78.0 Å². The summed E-state index contributed by atoms with van der Waals surface area (Å²) in [5.74, 6) is 0.605. The molecule has 0 bridgehead atoms. The van der Waals surface area contributed by atoms with Gasteiger partial charge in [-0.15, -0.1) is 0 Å². The standard InChI is InChI=1S/C24H24FN3O2/c1-30-21-7-3-2-6-20(21)24-23(26-12-13-27-24)18-5-4-14-28(16-18)22(29)15-17-8-10-19(25)11-9-17/h2-3,6-13,18H,4-5,14-16H2,1H3/t18-/m0/s1. The zero-order chi connectivity index (χ0) is 20.9. The number of methoxy groups -OCH3 is 1. The van der Waals surface area contributed by atoms with E-state index >= 15 is 0 Å². The van der Waals surface area contributed by atoms with E-state index in [4.69, 9.17) is 4.74 Å². The molecule has 1 fully saturated rings. The Morgan fingerprint density at radius 3 is 2.70 bits per heavy atom. The third kappa shape index (κ3) is 4.32. The summed E-state index contributed by atoms with van der Waals surface area (Å²) >= 11 is 0. The lowest BCUT2D eigenvalue weighted by Gasteiger charge is -2.33. The highest BCUT2D eigenvalue weighted by Crippen LogP contribution is 2.35. The van der Waals surface area contributed by atoms with E-state index in [1.54, 1.807) is 31.6 Å². The van der Waals surface area contributed by atoms with Crippen molar-refractivity contribution in [3.63, 3.8) is 0 Å². The normalized spacial score (nSPS) is 16.3. The molecule has 5 nitrogen and oxygen atoms in total. The highest BCUT2D eigenvalue weighted by Gasteiger charge is 2.28. The van der Waals surface area contributed by atoms with Gasteiger partial charge in [-0.05, 0) is 42.7 Å². The molecule has 2 aromatic carbocycles. The van der Waals surface area contributed by atoms with Crippen LogP contribution >= 0.6 is 0 Å². The quantitative estimate of drug-likeness (QED) is 0.637. The monoisotopic (exact) mass is 405 g/mol. The zero-order valence-corrected chi connectivity index (χ0v) is 16.9. The number of hydrogen-bond acceptors (Lipinski definition) is 4. The van der Waals surface area contributed by atoms with Crippen molar-refractivity contribution in [2.24, 2.45) is 0 Å². The molecule has 4 rings (SSSR count). The lowest BCUT2D eigenvalue weighted by Crippen LogP contribution is -2.40. The molecule has 30 heavy (non-hydrogen) atoms. The number of amides is 1. The van der Waals surface area contributed by atoms with Gasteiger partial charge in [0.15, 0.2) is 0 Å². The number of likely N-dealkylation sites (tertiary alicyclic amines) is 1. The van der Waals surface area contributed by atoms with Gasteiger partial charge in [0.1, 0.15) is 11.6 Å². The molecule has 1 amide bonds. The minimum atomic E-state index is -0.296. The topological polar surface area (TPSA) is 55.3 Å². The Morgan fingerprint density at radius 2 is 1.90 bits per heavy atom. The number of carbonyl (C=O) groups is 1. The Balaban J connectivity index is 1.55. The van der Waals surface area contributed by atoms with Crippen molar-refractivity contribution < 1.29 is 13.9 Å². The van der Waals surface area contributed by atoms with Crippen LogP contribution in [-0.2, 0) is 11.2 Å². The van der Waals surface area contributed by atoms with Gasteiger partial charge >= 0.3 is 0 Å². The molecule has 1 saturated heterocycles. The Kier molecular flexibility index (Phi) is 6.02. The van der Waals surface area contributed by atoms with Gasteiger partial charge in [0, 0.05) is 37.0 Å². The molecule has 2 heterocycles. The maximum atomic E-state index is 13.1. The molecule has 0 saturated carbocycles. The van der Waals surface area contributed by atoms with Gasteiger partial charge in [-0.2, -0.15) is 0 Å². The summed E-state index contributed by atoms with van der Waals surface area (Å²) in [6.45, 7) is 1.32. The molecule has 0 aliphatic carbocycles. The van der Waals surface area contributed by atoms with Gasteiger partial charge < -0.3 is 9.64 Å². The second-order valence-electron chi connectivity index (χ2n) is 7.47. The third-order valence-corrected chi connectivity index (χ3v) is 5.52. The first kappa shape index (κ1) is 20.0. The number of piperidine rings is 1. The third-order valence-electron chi connectivity index (χ3n) is 5.52. The first-order chi connectivity index (χ1) is 14.7. The van der Waals surface area contributed by atoms with E-state index in [0.717, 1.165) is 47.7 Å². The molecule has 0 radical (unpaired) electrons. The molecule has 0 N–H and O–H groups in total. The van der Waals surface area contributed by atoms with Crippen molar-refractivity contribution >= 4 is 5.91 Å². The Hall–Kier alpha value is -3.28. The maximum absolute atomic E-state index is 13.1. The zero-order valence-electron chi connectivity index (χ0n) is 16.9. The minimum Gasteiger partial charge on any atom is -0.496 e. The fourth-order valence-corrected chi connectivity index (χ4v) is 4.01. The molecular formula is C24H24FN3O2. The van der Waals surface area contributed by atoms with E-state index < -0.39 is 0 Å². The Morgan fingerprint density at radius 1 is 1.13 bits per heavy atom. The number of aromatic nitrogens is 2. The van der Waals surface area contributed by atoms with Gasteiger partial charge in [-0.1, -0.05) is 24.3 Å². The first-order valence-electron chi connectivity index (χ1n) is 10.1. The van der Waals surface area contributed by atoms with Crippen LogP contribution in [0, 0.1) is 5.82 Å². The molecule has 3 aromatic rings. The molecule has 154 valence electrons.